The van der Waals surface area contributed by atoms with E-state index in [1.807, 2.05) is 0 Å². The summed E-state index contributed by atoms with van der Waals surface area (Å²) in [5, 5.41) is 9.11. The molecule has 2 saturated heterocycles. The van der Waals surface area contributed by atoms with Gasteiger partial charge < -0.3 is 9.84 Å². The Labute approximate surface area is 117 Å². The van der Waals surface area contributed by atoms with E-state index in [0.717, 1.165) is 0 Å². The van der Waals surface area contributed by atoms with Crippen LogP contribution in [0.2, 0.25) is 0 Å². The van der Waals surface area contributed by atoms with E-state index in [2.05, 4.69) is 0 Å². The molecule has 0 radical (unpaired) electrons. The average molecular weight is 305 g/mol. The fraction of sp³-hybridized carbons (Fsp3) is 0.833. The molecule has 0 aromatic rings. The second-order valence-electron chi connectivity index (χ2n) is 5.18. The summed E-state index contributed by atoms with van der Waals surface area (Å²) in [5.74, 6) is -2.42. The van der Waals surface area contributed by atoms with E-state index >= 15 is 0 Å². The fourth-order valence-corrected chi connectivity index (χ4v) is 5.13. The highest BCUT2D eigenvalue weighted by Crippen LogP contribution is 2.43. The monoisotopic (exact) mass is 305 g/mol. The summed E-state index contributed by atoms with van der Waals surface area (Å²) in [6.07, 6.45) is 1.47. The molecule has 7 nitrogen and oxygen atoms in total. The lowest BCUT2D eigenvalue weighted by Gasteiger charge is -2.22. The van der Waals surface area contributed by atoms with Crippen LogP contribution in [0.3, 0.4) is 0 Å². The van der Waals surface area contributed by atoms with Crippen LogP contribution < -0.4 is 0 Å². The van der Waals surface area contributed by atoms with Gasteiger partial charge in [-0.1, -0.05) is 0 Å². The first-order valence-electron chi connectivity index (χ1n) is 6.76. The van der Waals surface area contributed by atoms with Crippen LogP contribution in [0.5, 0.6) is 0 Å². The van der Waals surface area contributed by atoms with Gasteiger partial charge in [0.15, 0.2) is 0 Å². The van der Waals surface area contributed by atoms with Crippen molar-refractivity contribution < 1.29 is 27.9 Å². The van der Waals surface area contributed by atoms with E-state index in [1.54, 1.807) is 6.92 Å². The maximum Gasteiger partial charge on any atom is 0.308 e. The quantitative estimate of drug-likeness (QED) is 0.704. The largest absolute Gasteiger partial charge is 0.481 e. The number of ether oxygens (including phenoxy) is 1. The van der Waals surface area contributed by atoms with Crippen LogP contribution >= 0.6 is 0 Å². The molecule has 20 heavy (non-hydrogen) atoms. The number of carbonyl (C=O) groups is 2. The molecule has 2 rings (SSSR count). The van der Waals surface area contributed by atoms with Crippen LogP contribution in [0.25, 0.3) is 0 Å². The van der Waals surface area contributed by atoms with Gasteiger partial charge in [0.2, 0.25) is 10.0 Å². The molecular weight excluding hydrogens is 286 g/mol. The lowest BCUT2D eigenvalue weighted by molar-refractivity contribution is -0.143. The van der Waals surface area contributed by atoms with Crippen LogP contribution in [0, 0.1) is 5.92 Å². The SMILES string of the molecule is CCOC(=O)CCS(=O)(=O)N1C2CCC1C(C(=O)O)C2. The number of carboxylic acids is 1. The fourth-order valence-electron chi connectivity index (χ4n) is 3.19. The predicted octanol–water partition coefficient (Wildman–Crippen LogP) is 0.207. The van der Waals surface area contributed by atoms with Crippen LogP contribution in [0.4, 0.5) is 0 Å². The molecule has 2 bridgehead atoms. The second kappa shape index (κ2) is 5.69. The van der Waals surface area contributed by atoms with Crippen molar-refractivity contribution >= 4 is 22.0 Å². The summed E-state index contributed by atoms with van der Waals surface area (Å²) in [6, 6.07) is -0.682. The molecule has 2 fully saturated rings. The second-order valence-corrected chi connectivity index (χ2v) is 7.17. The molecule has 8 heteroatoms. The van der Waals surface area contributed by atoms with Gasteiger partial charge in [0.25, 0.3) is 0 Å². The molecule has 1 N–H and O–H groups in total. The van der Waals surface area contributed by atoms with Crippen molar-refractivity contribution in [3.8, 4) is 0 Å². The number of sulfonamides is 1. The third kappa shape index (κ3) is 2.80. The Kier molecular flexibility index (Phi) is 4.33. The Morgan fingerprint density at radius 1 is 1.35 bits per heavy atom. The smallest absolute Gasteiger partial charge is 0.308 e. The Morgan fingerprint density at radius 3 is 2.60 bits per heavy atom. The lowest BCUT2D eigenvalue weighted by atomic mass is 9.89. The Hall–Kier alpha value is -1.15. The van der Waals surface area contributed by atoms with Gasteiger partial charge in [-0.05, 0) is 26.2 Å². The molecule has 0 amide bonds. The minimum absolute atomic E-state index is 0.191. The van der Waals surface area contributed by atoms with Crippen molar-refractivity contribution in [1.82, 2.24) is 4.31 Å². The minimum atomic E-state index is -3.61. The summed E-state index contributed by atoms with van der Waals surface area (Å²) in [5.41, 5.74) is 0. The van der Waals surface area contributed by atoms with Crippen LogP contribution in [-0.2, 0) is 24.3 Å². The average Bonchev–Trinajstić information content (AvgIpc) is 2.95. The van der Waals surface area contributed by atoms with Crippen LogP contribution in [0.15, 0.2) is 0 Å². The van der Waals surface area contributed by atoms with Gasteiger partial charge in [-0.25, -0.2) is 8.42 Å². The summed E-state index contributed by atoms with van der Waals surface area (Å²) in [6.45, 7) is 1.87. The zero-order chi connectivity index (χ0) is 14.9. The first kappa shape index (κ1) is 15.2. The van der Waals surface area contributed by atoms with Crippen molar-refractivity contribution in [2.75, 3.05) is 12.4 Å². The molecular formula is C12H19NO6S. The number of nitrogens with zero attached hydrogens (tertiary/aromatic N) is 1. The standard InChI is InChI=1S/C12H19NO6S/c1-2-19-11(14)5-6-20(17,18)13-8-3-4-10(13)9(7-8)12(15)16/h8-10H,2-7H2,1H3,(H,15,16). The van der Waals surface area contributed by atoms with E-state index in [0.29, 0.717) is 19.3 Å². The zero-order valence-corrected chi connectivity index (χ0v) is 12.1. The molecule has 0 aromatic heterocycles. The van der Waals surface area contributed by atoms with Crippen molar-refractivity contribution in [2.45, 2.75) is 44.7 Å². The Morgan fingerprint density at radius 2 is 2.05 bits per heavy atom. The van der Waals surface area contributed by atoms with Gasteiger partial charge in [-0.15, -0.1) is 0 Å². The van der Waals surface area contributed by atoms with Gasteiger partial charge >= 0.3 is 11.9 Å². The molecule has 2 heterocycles. The number of hydrogen-bond acceptors (Lipinski definition) is 5. The number of rotatable bonds is 6. The highest BCUT2D eigenvalue weighted by molar-refractivity contribution is 7.89. The van der Waals surface area contributed by atoms with E-state index in [4.69, 9.17) is 9.84 Å². The number of aliphatic carboxylic acids is 1. The van der Waals surface area contributed by atoms with Crippen molar-refractivity contribution in [2.24, 2.45) is 5.92 Å². The number of carboxylic acid groups (broad SMARTS) is 1. The molecule has 0 spiro atoms. The predicted molar refractivity (Wildman–Crippen MR) is 69.4 cm³/mol. The highest BCUT2D eigenvalue weighted by atomic mass is 32.2. The van der Waals surface area contributed by atoms with E-state index in [1.165, 1.54) is 4.31 Å². The van der Waals surface area contributed by atoms with Gasteiger partial charge in [0.05, 0.1) is 24.7 Å². The van der Waals surface area contributed by atoms with Crippen molar-refractivity contribution in [3.63, 3.8) is 0 Å². The minimum Gasteiger partial charge on any atom is -0.481 e. The Balaban J connectivity index is 2.04. The Bertz CT molecular complexity index is 502. The highest BCUT2D eigenvalue weighted by Gasteiger charge is 2.53. The third-order valence-electron chi connectivity index (χ3n) is 3.98. The van der Waals surface area contributed by atoms with E-state index in [-0.39, 0.29) is 24.8 Å². The van der Waals surface area contributed by atoms with Crippen LogP contribution in [-0.4, -0.2) is 54.2 Å². The summed E-state index contributed by atoms with van der Waals surface area (Å²) >= 11 is 0. The molecule has 0 saturated carbocycles. The summed E-state index contributed by atoms with van der Waals surface area (Å²) in [7, 11) is -3.61. The molecule has 2 aliphatic rings. The van der Waals surface area contributed by atoms with Crippen LogP contribution in [0.1, 0.15) is 32.6 Å². The van der Waals surface area contributed by atoms with E-state index < -0.39 is 33.9 Å². The van der Waals surface area contributed by atoms with Crippen molar-refractivity contribution in [3.05, 3.63) is 0 Å². The van der Waals surface area contributed by atoms with Gasteiger partial charge in [0.1, 0.15) is 0 Å². The summed E-state index contributed by atoms with van der Waals surface area (Å²) in [4.78, 5) is 22.4. The lowest BCUT2D eigenvalue weighted by Crippen LogP contribution is -2.39. The molecule has 2 aliphatic heterocycles. The first-order chi connectivity index (χ1) is 9.36. The number of carbonyl (C=O) groups excluding carboxylic acids is 1. The topological polar surface area (TPSA) is 101 Å². The molecule has 0 aromatic carbocycles. The molecule has 114 valence electrons. The van der Waals surface area contributed by atoms with Gasteiger partial charge in [-0.3, -0.25) is 9.59 Å². The van der Waals surface area contributed by atoms with E-state index in [9.17, 15) is 18.0 Å². The first-order valence-corrected chi connectivity index (χ1v) is 8.37. The third-order valence-corrected chi connectivity index (χ3v) is 5.91. The normalized spacial score (nSPS) is 29.6. The summed E-state index contributed by atoms with van der Waals surface area (Å²) < 4.78 is 30.6. The number of esters is 1. The molecule has 3 unspecified atom stereocenters. The van der Waals surface area contributed by atoms with Gasteiger partial charge in [0, 0.05) is 12.1 Å². The maximum atomic E-state index is 12.3. The van der Waals surface area contributed by atoms with Gasteiger partial charge in [-0.2, -0.15) is 4.31 Å². The molecule has 0 aliphatic carbocycles. The molecule has 3 atom stereocenters. The zero-order valence-electron chi connectivity index (χ0n) is 11.3. The van der Waals surface area contributed by atoms with Crippen molar-refractivity contribution in [1.29, 1.82) is 0 Å². The maximum absolute atomic E-state index is 12.3. The number of hydrogen-bond donors (Lipinski definition) is 1. The number of fused-ring (bicyclic) bond motifs is 2.